The van der Waals surface area contributed by atoms with Crippen molar-refractivity contribution in [2.24, 2.45) is 0 Å². The van der Waals surface area contributed by atoms with Crippen LogP contribution >= 0.6 is 0 Å². The molecule has 0 saturated heterocycles. The van der Waals surface area contributed by atoms with Crippen molar-refractivity contribution in [1.29, 1.82) is 0 Å². The fourth-order valence-corrected chi connectivity index (χ4v) is 2.42. The van der Waals surface area contributed by atoms with Gasteiger partial charge in [-0.3, -0.25) is 10.1 Å². The number of nitrogens with zero attached hydrogens (tertiary/aromatic N) is 3. The fourth-order valence-electron chi connectivity index (χ4n) is 1.96. The van der Waals surface area contributed by atoms with Gasteiger partial charge in [-0.1, -0.05) is 6.07 Å². The van der Waals surface area contributed by atoms with Gasteiger partial charge in [-0.05, 0) is 30.3 Å². The van der Waals surface area contributed by atoms with Crippen molar-refractivity contribution in [2.75, 3.05) is 11.6 Å². The van der Waals surface area contributed by atoms with Gasteiger partial charge in [0, 0.05) is 29.9 Å². The molecule has 9 heteroatoms. The quantitative estimate of drug-likeness (QED) is 0.747. The van der Waals surface area contributed by atoms with Crippen LogP contribution in [0.1, 0.15) is 10.4 Å². The Kier molecular flexibility index (Phi) is 3.70. The van der Waals surface area contributed by atoms with Crippen LogP contribution in [0.4, 0.5) is 5.95 Å². The van der Waals surface area contributed by atoms with Crippen molar-refractivity contribution < 1.29 is 13.2 Å². The predicted molar refractivity (Wildman–Crippen MR) is 83.2 cm³/mol. The zero-order valence-electron chi connectivity index (χ0n) is 12.1. The molecule has 0 aliphatic carbocycles. The Bertz CT molecular complexity index is 944. The van der Waals surface area contributed by atoms with E-state index in [9.17, 15) is 13.2 Å². The Labute approximate surface area is 132 Å². The van der Waals surface area contributed by atoms with Crippen molar-refractivity contribution in [2.45, 2.75) is 5.16 Å². The summed E-state index contributed by atoms with van der Waals surface area (Å²) in [6.07, 6.45) is 4.73. The summed E-state index contributed by atoms with van der Waals surface area (Å²) in [6.45, 7) is 0. The van der Waals surface area contributed by atoms with Gasteiger partial charge in [0.2, 0.25) is 20.9 Å². The molecule has 0 bridgehead atoms. The molecule has 0 unspecified atom stereocenters. The van der Waals surface area contributed by atoms with Crippen LogP contribution in [0.15, 0.2) is 53.9 Å². The average molecular weight is 331 g/mol. The molecule has 3 rings (SSSR count). The van der Waals surface area contributed by atoms with E-state index in [4.69, 9.17) is 0 Å². The Morgan fingerprint density at radius 1 is 1.22 bits per heavy atom. The molecule has 23 heavy (non-hydrogen) atoms. The fraction of sp³-hybridized carbons (Fsp3) is 0.0714. The third-order valence-electron chi connectivity index (χ3n) is 3.05. The molecule has 118 valence electrons. The molecule has 0 radical (unpaired) electrons. The molecule has 2 N–H and O–H groups in total. The van der Waals surface area contributed by atoms with Gasteiger partial charge < -0.3 is 4.57 Å². The summed E-state index contributed by atoms with van der Waals surface area (Å²) in [5.74, 6) is -0.528. The summed E-state index contributed by atoms with van der Waals surface area (Å²) in [6, 6.07) is 10.7. The second-order valence-corrected chi connectivity index (χ2v) is 6.76. The number of hydrogen-bond donors (Lipinski definition) is 2. The number of rotatable bonds is 4. The van der Waals surface area contributed by atoms with Crippen LogP contribution in [0.2, 0.25) is 0 Å². The van der Waals surface area contributed by atoms with Gasteiger partial charge in [0.15, 0.2) is 0 Å². The monoisotopic (exact) mass is 331 g/mol. The minimum atomic E-state index is -3.50. The molecule has 2 heterocycles. The maximum atomic E-state index is 12.2. The zero-order valence-corrected chi connectivity index (χ0v) is 12.9. The van der Waals surface area contributed by atoms with Crippen molar-refractivity contribution >= 4 is 21.7 Å². The number of sulfone groups is 1. The summed E-state index contributed by atoms with van der Waals surface area (Å²) in [5.41, 5.74) is 1.23. The number of aromatic nitrogens is 4. The van der Waals surface area contributed by atoms with E-state index in [-0.39, 0.29) is 11.1 Å². The topological polar surface area (TPSA) is 110 Å². The van der Waals surface area contributed by atoms with E-state index in [0.717, 1.165) is 11.9 Å². The van der Waals surface area contributed by atoms with Gasteiger partial charge in [0.25, 0.3) is 5.91 Å². The molecular formula is C14H13N5O3S. The van der Waals surface area contributed by atoms with Gasteiger partial charge in [0.05, 0.1) is 0 Å². The molecule has 8 nitrogen and oxygen atoms in total. The van der Waals surface area contributed by atoms with Gasteiger partial charge in [0.1, 0.15) is 0 Å². The van der Waals surface area contributed by atoms with Gasteiger partial charge >= 0.3 is 0 Å². The Hall–Kier alpha value is -2.94. The lowest BCUT2D eigenvalue weighted by molar-refractivity contribution is 0.102. The first-order valence-corrected chi connectivity index (χ1v) is 8.50. The van der Waals surface area contributed by atoms with E-state index in [1.165, 1.54) is 0 Å². The molecule has 0 saturated carbocycles. The lowest BCUT2D eigenvalue weighted by Crippen LogP contribution is -2.13. The SMILES string of the molecule is CS(=O)(=O)c1nc(NC(=O)c2cccc(-n3cccc3)c2)n[nH]1. The van der Waals surface area contributed by atoms with E-state index in [0.29, 0.717) is 5.56 Å². The Morgan fingerprint density at radius 2 is 1.96 bits per heavy atom. The maximum Gasteiger partial charge on any atom is 0.258 e. The summed E-state index contributed by atoms with van der Waals surface area (Å²) in [4.78, 5) is 16.0. The summed E-state index contributed by atoms with van der Waals surface area (Å²) in [7, 11) is -3.50. The smallest absolute Gasteiger partial charge is 0.258 e. The molecular weight excluding hydrogens is 318 g/mol. The standard InChI is InChI=1S/C14H13N5O3S/c1-23(21,22)14-16-13(17-18-14)15-12(20)10-5-4-6-11(9-10)19-7-2-3-8-19/h2-9H,1H3,(H2,15,16,17,18,20). The van der Waals surface area contributed by atoms with E-state index >= 15 is 0 Å². The lowest BCUT2D eigenvalue weighted by atomic mass is 10.2. The van der Waals surface area contributed by atoms with Crippen LogP contribution < -0.4 is 5.32 Å². The highest BCUT2D eigenvalue weighted by Crippen LogP contribution is 2.13. The Balaban J connectivity index is 1.81. The van der Waals surface area contributed by atoms with Gasteiger partial charge in [-0.2, -0.15) is 4.98 Å². The van der Waals surface area contributed by atoms with Crippen LogP contribution in [0.25, 0.3) is 5.69 Å². The van der Waals surface area contributed by atoms with Crippen LogP contribution in [0.5, 0.6) is 0 Å². The highest BCUT2D eigenvalue weighted by atomic mass is 32.2. The average Bonchev–Trinajstić information content (AvgIpc) is 3.18. The number of benzene rings is 1. The molecule has 0 aliphatic rings. The second kappa shape index (κ2) is 5.69. The number of carbonyl (C=O) groups excluding carboxylic acids is 1. The van der Waals surface area contributed by atoms with E-state index in [2.05, 4.69) is 20.5 Å². The zero-order chi connectivity index (χ0) is 16.4. The lowest BCUT2D eigenvalue weighted by Gasteiger charge is -2.05. The van der Waals surface area contributed by atoms with Crippen LogP contribution in [-0.4, -0.2) is 40.3 Å². The molecule has 0 spiro atoms. The predicted octanol–water partition coefficient (Wildman–Crippen LogP) is 1.25. The maximum absolute atomic E-state index is 12.2. The second-order valence-electron chi connectivity index (χ2n) is 4.83. The third kappa shape index (κ3) is 3.29. The normalized spacial score (nSPS) is 11.3. The Morgan fingerprint density at radius 3 is 2.61 bits per heavy atom. The van der Waals surface area contributed by atoms with Crippen LogP contribution in [0, 0.1) is 0 Å². The van der Waals surface area contributed by atoms with Gasteiger partial charge in [-0.25, -0.2) is 13.5 Å². The molecule has 2 aromatic heterocycles. The van der Waals surface area contributed by atoms with Crippen molar-refractivity contribution in [1.82, 2.24) is 19.7 Å². The molecule has 0 atom stereocenters. The molecule has 0 aliphatic heterocycles. The number of carbonyl (C=O) groups is 1. The van der Waals surface area contributed by atoms with Crippen molar-refractivity contribution in [3.05, 3.63) is 54.4 Å². The number of aromatic amines is 1. The first-order chi connectivity index (χ1) is 10.9. The number of anilines is 1. The van der Waals surface area contributed by atoms with Crippen LogP contribution in [0.3, 0.4) is 0 Å². The summed E-state index contributed by atoms with van der Waals surface area (Å²) in [5, 5.41) is 8.10. The number of hydrogen-bond acceptors (Lipinski definition) is 5. The summed E-state index contributed by atoms with van der Waals surface area (Å²) < 4.78 is 24.5. The minimum absolute atomic E-state index is 0.0956. The van der Waals surface area contributed by atoms with E-state index in [1.807, 2.05) is 35.2 Å². The molecule has 3 aromatic rings. The first kappa shape index (κ1) is 15.0. The van der Waals surface area contributed by atoms with Crippen molar-refractivity contribution in [3.63, 3.8) is 0 Å². The minimum Gasteiger partial charge on any atom is -0.324 e. The van der Waals surface area contributed by atoms with E-state index in [1.54, 1.807) is 18.2 Å². The number of nitrogens with one attached hydrogen (secondary N) is 2. The first-order valence-electron chi connectivity index (χ1n) is 6.61. The van der Waals surface area contributed by atoms with Crippen LogP contribution in [-0.2, 0) is 9.84 Å². The largest absolute Gasteiger partial charge is 0.324 e. The molecule has 1 aromatic carbocycles. The third-order valence-corrected chi connectivity index (χ3v) is 3.94. The molecule has 0 fully saturated rings. The van der Waals surface area contributed by atoms with Crippen molar-refractivity contribution in [3.8, 4) is 5.69 Å². The highest BCUT2D eigenvalue weighted by molar-refractivity contribution is 7.90. The van der Waals surface area contributed by atoms with E-state index < -0.39 is 15.7 Å². The molecule has 1 amide bonds. The number of H-pyrrole nitrogens is 1. The van der Waals surface area contributed by atoms with Gasteiger partial charge in [-0.15, -0.1) is 5.10 Å². The highest BCUT2D eigenvalue weighted by Gasteiger charge is 2.15. The number of amides is 1. The summed E-state index contributed by atoms with van der Waals surface area (Å²) >= 11 is 0.